The fourth-order valence-corrected chi connectivity index (χ4v) is 5.57. The van der Waals surface area contributed by atoms with E-state index in [4.69, 9.17) is 11.6 Å². The first-order valence-corrected chi connectivity index (χ1v) is 11.0. The van der Waals surface area contributed by atoms with E-state index >= 15 is 0 Å². The van der Waals surface area contributed by atoms with E-state index in [2.05, 4.69) is 29.0 Å². The van der Waals surface area contributed by atoms with E-state index in [0.29, 0.717) is 21.3 Å². The Balaban J connectivity index is 1.37. The maximum absolute atomic E-state index is 12.9. The van der Waals surface area contributed by atoms with Crippen molar-refractivity contribution in [1.29, 1.82) is 0 Å². The molecule has 4 heterocycles. The third-order valence-corrected chi connectivity index (χ3v) is 7.43. The highest BCUT2D eigenvalue weighted by Gasteiger charge is 2.48. The van der Waals surface area contributed by atoms with Gasteiger partial charge in [-0.05, 0) is 45.2 Å². The van der Waals surface area contributed by atoms with Crippen LogP contribution in [0.1, 0.15) is 42.8 Å². The molecule has 27 heavy (non-hydrogen) atoms. The summed E-state index contributed by atoms with van der Waals surface area (Å²) in [5, 5.41) is 3.13. The van der Waals surface area contributed by atoms with Crippen molar-refractivity contribution in [3.8, 4) is 0 Å². The maximum atomic E-state index is 12.9. The SMILES string of the molecule is CC(C)N1CCC(N2C[C@@H]3[C@H](NC(=O)c4ccc(Cl)s4)CCN3C2=O)CC1. The van der Waals surface area contributed by atoms with Crippen molar-refractivity contribution in [2.24, 2.45) is 0 Å². The number of amides is 3. The summed E-state index contributed by atoms with van der Waals surface area (Å²) in [6, 6.07) is 4.64. The van der Waals surface area contributed by atoms with Gasteiger partial charge in [0.25, 0.3) is 5.91 Å². The van der Waals surface area contributed by atoms with Crippen molar-refractivity contribution in [1.82, 2.24) is 20.0 Å². The summed E-state index contributed by atoms with van der Waals surface area (Å²) in [4.78, 5) is 32.5. The van der Waals surface area contributed by atoms with Gasteiger partial charge in [0.15, 0.2) is 0 Å². The molecule has 1 aromatic rings. The second-order valence-corrected chi connectivity index (χ2v) is 9.74. The number of nitrogens with zero attached hydrogens (tertiary/aromatic N) is 3. The van der Waals surface area contributed by atoms with Crippen LogP contribution in [0.15, 0.2) is 12.1 Å². The number of urea groups is 1. The molecule has 3 aliphatic heterocycles. The number of halogens is 1. The number of rotatable bonds is 4. The molecule has 3 amide bonds. The molecule has 3 aliphatic rings. The summed E-state index contributed by atoms with van der Waals surface area (Å²) >= 11 is 7.23. The van der Waals surface area contributed by atoms with Crippen LogP contribution in [0.25, 0.3) is 0 Å². The average Bonchev–Trinajstić information content (AvgIpc) is 3.33. The fourth-order valence-electron chi connectivity index (χ4n) is 4.62. The first-order valence-electron chi connectivity index (χ1n) is 9.81. The summed E-state index contributed by atoms with van der Waals surface area (Å²) in [6.45, 7) is 8.01. The van der Waals surface area contributed by atoms with Gasteiger partial charge in [-0.3, -0.25) is 4.79 Å². The van der Waals surface area contributed by atoms with Crippen LogP contribution in [-0.4, -0.2) is 77.0 Å². The number of thiophene rings is 1. The van der Waals surface area contributed by atoms with Gasteiger partial charge in [-0.15, -0.1) is 11.3 Å². The van der Waals surface area contributed by atoms with Gasteiger partial charge < -0.3 is 20.0 Å². The van der Waals surface area contributed by atoms with Crippen molar-refractivity contribution < 1.29 is 9.59 Å². The van der Waals surface area contributed by atoms with Gasteiger partial charge >= 0.3 is 6.03 Å². The molecule has 1 N–H and O–H groups in total. The smallest absolute Gasteiger partial charge is 0.320 e. The monoisotopic (exact) mass is 410 g/mol. The summed E-state index contributed by atoms with van der Waals surface area (Å²) in [5.41, 5.74) is 0. The second-order valence-electron chi connectivity index (χ2n) is 8.03. The molecule has 0 unspecified atom stereocenters. The van der Waals surface area contributed by atoms with Gasteiger partial charge in [-0.2, -0.15) is 0 Å². The summed E-state index contributed by atoms with van der Waals surface area (Å²) in [5.74, 6) is -0.0881. The van der Waals surface area contributed by atoms with E-state index in [9.17, 15) is 9.59 Å². The van der Waals surface area contributed by atoms with Crippen molar-refractivity contribution in [2.75, 3.05) is 26.2 Å². The lowest BCUT2D eigenvalue weighted by Crippen LogP contribution is -2.48. The molecule has 6 nitrogen and oxygen atoms in total. The Hall–Kier alpha value is -1.31. The summed E-state index contributed by atoms with van der Waals surface area (Å²) < 4.78 is 0.614. The van der Waals surface area contributed by atoms with E-state index in [1.165, 1.54) is 11.3 Å². The molecule has 2 atom stereocenters. The fraction of sp³-hybridized carbons (Fsp3) is 0.684. The van der Waals surface area contributed by atoms with E-state index < -0.39 is 0 Å². The van der Waals surface area contributed by atoms with Crippen molar-refractivity contribution in [3.63, 3.8) is 0 Å². The number of carbonyl (C=O) groups excluding carboxylic acids is 2. The number of piperidine rings is 1. The average molecular weight is 411 g/mol. The van der Waals surface area contributed by atoms with Gasteiger partial charge in [-0.25, -0.2) is 4.79 Å². The Morgan fingerprint density at radius 2 is 1.93 bits per heavy atom. The highest BCUT2D eigenvalue weighted by atomic mass is 35.5. The highest BCUT2D eigenvalue weighted by Crippen LogP contribution is 2.31. The van der Waals surface area contributed by atoms with Crippen molar-refractivity contribution in [2.45, 2.75) is 57.3 Å². The number of nitrogens with one attached hydrogen (secondary N) is 1. The lowest BCUT2D eigenvalue weighted by molar-refractivity contribution is 0.0932. The Kier molecular flexibility index (Phi) is 5.36. The first kappa shape index (κ1) is 19.0. The Bertz CT molecular complexity index is 716. The largest absolute Gasteiger partial charge is 0.346 e. The Morgan fingerprint density at radius 1 is 1.19 bits per heavy atom. The molecule has 0 aromatic carbocycles. The number of hydrogen-bond acceptors (Lipinski definition) is 4. The van der Waals surface area contributed by atoms with Crippen LogP contribution in [0, 0.1) is 0 Å². The van der Waals surface area contributed by atoms with Crippen LogP contribution >= 0.6 is 22.9 Å². The zero-order chi connectivity index (χ0) is 19.1. The Morgan fingerprint density at radius 3 is 2.56 bits per heavy atom. The van der Waals surface area contributed by atoms with Crippen LogP contribution in [0.2, 0.25) is 4.34 Å². The Labute approximate surface area is 169 Å². The number of fused-ring (bicyclic) bond motifs is 1. The second kappa shape index (κ2) is 7.60. The van der Waals surface area contributed by atoms with E-state index in [1.54, 1.807) is 12.1 Å². The predicted octanol–water partition coefficient (Wildman–Crippen LogP) is 2.88. The van der Waals surface area contributed by atoms with Crippen LogP contribution < -0.4 is 5.32 Å². The third-order valence-electron chi connectivity index (χ3n) is 6.20. The minimum atomic E-state index is -0.0881. The minimum absolute atomic E-state index is 0.0167. The van der Waals surface area contributed by atoms with Crippen molar-refractivity contribution in [3.05, 3.63) is 21.3 Å². The van der Waals surface area contributed by atoms with Gasteiger partial charge in [-0.1, -0.05) is 11.6 Å². The molecular formula is C19H27ClN4O2S. The summed E-state index contributed by atoms with van der Waals surface area (Å²) in [6.07, 6.45) is 2.89. The zero-order valence-corrected chi connectivity index (χ0v) is 17.4. The molecule has 0 saturated carbocycles. The van der Waals surface area contributed by atoms with Gasteiger partial charge in [0, 0.05) is 38.3 Å². The lowest BCUT2D eigenvalue weighted by atomic mass is 10.0. The molecule has 3 saturated heterocycles. The van der Waals surface area contributed by atoms with Crippen LogP contribution in [0.4, 0.5) is 4.79 Å². The van der Waals surface area contributed by atoms with E-state index in [1.807, 2.05) is 4.90 Å². The van der Waals surface area contributed by atoms with Gasteiger partial charge in [0.1, 0.15) is 0 Å². The molecule has 8 heteroatoms. The highest BCUT2D eigenvalue weighted by molar-refractivity contribution is 7.18. The molecule has 0 aliphatic carbocycles. The lowest BCUT2D eigenvalue weighted by Gasteiger charge is -2.38. The minimum Gasteiger partial charge on any atom is -0.346 e. The topological polar surface area (TPSA) is 55.9 Å². The predicted molar refractivity (Wildman–Crippen MR) is 108 cm³/mol. The molecule has 4 rings (SSSR count). The maximum Gasteiger partial charge on any atom is 0.320 e. The van der Waals surface area contributed by atoms with Gasteiger partial charge in [0.2, 0.25) is 0 Å². The van der Waals surface area contributed by atoms with Crippen molar-refractivity contribution >= 4 is 34.9 Å². The van der Waals surface area contributed by atoms with Gasteiger partial charge in [0.05, 0.1) is 21.3 Å². The molecular weight excluding hydrogens is 384 g/mol. The number of likely N-dealkylation sites (tertiary alicyclic amines) is 1. The third kappa shape index (κ3) is 3.69. The number of hydrogen-bond donors (Lipinski definition) is 1. The summed E-state index contributed by atoms with van der Waals surface area (Å²) in [7, 11) is 0. The normalized spacial score (nSPS) is 26.9. The molecule has 3 fully saturated rings. The molecule has 148 valence electrons. The molecule has 0 spiro atoms. The van der Waals surface area contributed by atoms with Crippen LogP contribution in [0.3, 0.4) is 0 Å². The van der Waals surface area contributed by atoms with E-state index in [-0.39, 0.29) is 24.0 Å². The van der Waals surface area contributed by atoms with E-state index in [0.717, 1.165) is 45.4 Å². The zero-order valence-electron chi connectivity index (χ0n) is 15.9. The molecule has 0 radical (unpaired) electrons. The van der Waals surface area contributed by atoms with Crippen LogP contribution in [-0.2, 0) is 0 Å². The standard InChI is InChI=1S/C19H27ClN4O2S/c1-12(2)22-8-5-13(6-9-22)24-11-15-14(7-10-23(15)19(24)26)21-18(25)16-3-4-17(20)27-16/h3-4,12-15H,5-11H2,1-2H3,(H,21,25)/t14-,15-/m1/s1. The molecule has 0 bridgehead atoms. The quantitative estimate of drug-likeness (QED) is 0.830. The van der Waals surface area contributed by atoms with Crippen LogP contribution in [0.5, 0.6) is 0 Å². The number of carbonyl (C=O) groups is 2. The molecule has 1 aromatic heterocycles. The first-order chi connectivity index (χ1) is 12.9.